The average molecular weight is 1090 g/mol. The number of unbranched alkanes of at least 4 members (excludes halogenated alkanes) is 4. The molecule has 0 aliphatic carbocycles. The van der Waals surface area contributed by atoms with Gasteiger partial charge in [0.1, 0.15) is 21.2 Å². The Labute approximate surface area is 469 Å². The molecule has 12 heteroatoms. The first-order valence-corrected chi connectivity index (χ1v) is 31.1. The predicted molar refractivity (Wildman–Crippen MR) is 329 cm³/mol. The van der Waals surface area contributed by atoms with Crippen LogP contribution in [-0.4, -0.2) is 47.7 Å². The molecule has 0 saturated heterocycles. The highest BCUT2D eigenvalue weighted by Gasteiger charge is 2.25. The van der Waals surface area contributed by atoms with Crippen molar-refractivity contribution in [2.75, 3.05) is 36.0 Å². The summed E-state index contributed by atoms with van der Waals surface area (Å²) in [5.74, 6) is 0.987. The molecular weight excluding hydrogens is 1010 g/mol. The summed E-state index contributed by atoms with van der Waals surface area (Å²) in [6, 6.07) is 26.1. The zero-order valence-corrected chi connectivity index (χ0v) is 49.2. The molecule has 414 valence electrons. The first kappa shape index (κ1) is 58.2. The summed E-state index contributed by atoms with van der Waals surface area (Å²) >= 11 is 2.68. The van der Waals surface area contributed by atoms with Crippen molar-refractivity contribution in [3.63, 3.8) is 0 Å². The molecule has 0 amide bonds. The Morgan fingerprint density at radius 2 is 0.808 bits per heavy atom. The van der Waals surface area contributed by atoms with E-state index in [1.165, 1.54) is 99.7 Å². The van der Waals surface area contributed by atoms with Crippen LogP contribution in [0.5, 0.6) is 0 Å². The van der Waals surface area contributed by atoms with E-state index in [1.54, 1.807) is 36.4 Å². The number of hydrogen-bond donors (Lipinski definition) is 0. The molecule has 8 aromatic rings. The normalized spacial score (nSPS) is 13.4. The number of hydrogen-bond acceptors (Lipinski definition) is 12. The van der Waals surface area contributed by atoms with E-state index in [0.717, 1.165) is 83.4 Å². The second kappa shape index (κ2) is 27.7. The molecule has 78 heavy (non-hydrogen) atoms. The van der Waals surface area contributed by atoms with Crippen LogP contribution in [0.1, 0.15) is 179 Å². The van der Waals surface area contributed by atoms with E-state index in [-0.39, 0.29) is 11.1 Å². The minimum atomic E-state index is -0.687. The molecule has 0 fully saturated rings. The fourth-order valence-electron chi connectivity index (χ4n) is 11.0. The standard InChI is InChI=1S/C66H82N4O6S2/c1-9-17-21-43(13-5)39-69(40-44(14-6)22-18-10-2)51-29-25-47-33-53(65(73)75-57(47)37-51)63-67-55-35-49(27-31-59(55)77-63)61(71)62(72)50-28-32-60-56(36-50)68-64(78-60)54-34-48-26-30-52(38-58(48)76-66(54)74)70(41-45(15-7)23-19-11-3)42-46(16-8)24-20-12-4/h25-38,43-46H,9-24,39-42H2,1-8H3. The molecule has 4 atom stereocenters. The van der Waals surface area contributed by atoms with Crippen LogP contribution in [0.4, 0.5) is 11.4 Å². The summed E-state index contributed by atoms with van der Waals surface area (Å²) in [6.45, 7) is 22.1. The SMILES string of the molecule is CCCCC(CC)CN(CC(CC)CCCC)c1ccc2cc(-c3nc4cc(C(=O)C(=O)c5ccc6sc(-c7cc8ccc(N(CC(CC)CCCC)CC(CC)CCCC)cc8oc7=O)nc6c5)ccc4s3)c(=O)oc2c1. The van der Waals surface area contributed by atoms with Gasteiger partial charge in [0, 0.05) is 71.6 Å². The van der Waals surface area contributed by atoms with Gasteiger partial charge in [0.2, 0.25) is 11.6 Å². The van der Waals surface area contributed by atoms with Crippen LogP contribution in [0.15, 0.2) is 103 Å². The van der Waals surface area contributed by atoms with Gasteiger partial charge in [0.15, 0.2) is 0 Å². The van der Waals surface area contributed by atoms with Gasteiger partial charge >= 0.3 is 11.3 Å². The molecule has 8 rings (SSSR count). The van der Waals surface area contributed by atoms with Gasteiger partial charge in [-0.05, 0) is 122 Å². The number of carbonyl (C=O) groups is 2. The van der Waals surface area contributed by atoms with E-state index in [2.05, 4.69) is 77.3 Å². The molecule has 0 N–H and O–H groups in total. The van der Waals surface area contributed by atoms with Crippen molar-refractivity contribution in [1.82, 2.24) is 9.97 Å². The largest absolute Gasteiger partial charge is 0.422 e. The molecule has 0 spiro atoms. The van der Waals surface area contributed by atoms with Crippen molar-refractivity contribution in [2.24, 2.45) is 23.7 Å². The van der Waals surface area contributed by atoms with Crippen LogP contribution in [-0.2, 0) is 0 Å². The van der Waals surface area contributed by atoms with E-state index in [1.807, 2.05) is 36.4 Å². The van der Waals surface area contributed by atoms with E-state index in [0.29, 0.717) is 67.0 Å². The lowest BCUT2D eigenvalue weighted by Crippen LogP contribution is -2.34. The van der Waals surface area contributed by atoms with E-state index < -0.39 is 22.8 Å². The monoisotopic (exact) mass is 1090 g/mol. The van der Waals surface area contributed by atoms with Crippen molar-refractivity contribution in [2.45, 2.75) is 158 Å². The molecule has 0 radical (unpaired) electrons. The van der Waals surface area contributed by atoms with Crippen molar-refractivity contribution in [3.05, 3.63) is 117 Å². The predicted octanol–water partition coefficient (Wildman–Crippen LogP) is 18.0. The highest BCUT2D eigenvalue weighted by molar-refractivity contribution is 7.22. The maximum atomic E-state index is 13.9. The van der Waals surface area contributed by atoms with E-state index in [4.69, 9.17) is 18.8 Å². The van der Waals surface area contributed by atoms with Gasteiger partial charge in [-0.1, -0.05) is 132 Å². The number of Topliss-reactive ketones (excluding diaryl/α,β-unsaturated/α-hetero) is 2. The Morgan fingerprint density at radius 3 is 1.13 bits per heavy atom. The summed E-state index contributed by atoms with van der Waals surface area (Å²) < 4.78 is 13.7. The van der Waals surface area contributed by atoms with Crippen molar-refractivity contribution >= 4 is 88.0 Å². The maximum absolute atomic E-state index is 13.9. The number of fused-ring (bicyclic) bond motifs is 4. The van der Waals surface area contributed by atoms with Gasteiger partial charge in [0.05, 0.1) is 31.6 Å². The Balaban J connectivity index is 0.994. The molecule has 0 saturated carbocycles. The molecule has 4 heterocycles. The summed E-state index contributed by atoms with van der Waals surface area (Å²) in [4.78, 5) is 69.9. The second-order valence-corrected chi connectivity index (χ2v) is 23.9. The number of nitrogens with zero attached hydrogens (tertiary/aromatic N) is 4. The Kier molecular flexibility index (Phi) is 20.7. The van der Waals surface area contributed by atoms with Crippen molar-refractivity contribution < 1.29 is 18.4 Å². The van der Waals surface area contributed by atoms with Crippen LogP contribution < -0.4 is 21.1 Å². The highest BCUT2D eigenvalue weighted by atomic mass is 32.1. The van der Waals surface area contributed by atoms with Gasteiger partial charge < -0.3 is 18.6 Å². The fourth-order valence-corrected chi connectivity index (χ4v) is 12.9. The van der Waals surface area contributed by atoms with Crippen molar-refractivity contribution in [3.8, 4) is 21.1 Å². The lowest BCUT2D eigenvalue weighted by atomic mass is 9.95. The average Bonchev–Trinajstić information content (AvgIpc) is 4.11. The number of thiazole rings is 2. The molecule has 4 aromatic heterocycles. The smallest absolute Gasteiger partial charge is 0.346 e. The lowest BCUT2D eigenvalue weighted by molar-refractivity contribution is 0.0817. The maximum Gasteiger partial charge on any atom is 0.346 e. The Bertz CT molecular complexity index is 3160. The molecule has 0 aliphatic rings. The third kappa shape index (κ3) is 14.1. The number of anilines is 2. The number of ketones is 2. The third-order valence-electron chi connectivity index (χ3n) is 16.2. The third-order valence-corrected chi connectivity index (χ3v) is 18.4. The second-order valence-electron chi connectivity index (χ2n) is 21.9. The summed E-state index contributed by atoms with van der Waals surface area (Å²) in [6.07, 6.45) is 18.9. The number of carbonyl (C=O) groups excluding carboxylic acids is 2. The molecule has 4 aromatic carbocycles. The first-order valence-electron chi connectivity index (χ1n) is 29.5. The summed E-state index contributed by atoms with van der Waals surface area (Å²) in [7, 11) is 0. The minimum absolute atomic E-state index is 0.189. The van der Waals surface area contributed by atoms with Crippen LogP contribution in [0.25, 0.3) is 63.5 Å². The minimum Gasteiger partial charge on any atom is -0.422 e. The van der Waals surface area contributed by atoms with Crippen LogP contribution in [0.3, 0.4) is 0 Å². The van der Waals surface area contributed by atoms with Gasteiger partial charge in [0.25, 0.3) is 0 Å². The van der Waals surface area contributed by atoms with E-state index in [9.17, 15) is 19.2 Å². The molecule has 0 bridgehead atoms. The molecule has 0 aliphatic heterocycles. The zero-order valence-electron chi connectivity index (χ0n) is 47.6. The van der Waals surface area contributed by atoms with Gasteiger partial charge in [-0.25, -0.2) is 19.6 Å². The van der Waals surface area contributed by atoms with Crippen LogP contribution >= 0.6 is 22.7 Å². The number of aromatic nitrogens is 2. The van der Waals surface area contributed by atoms with Gasteiger partial charge in [-0.3, -0.25) is 9.59 Å². The van der Waals surface area contributed by atoms with Gasteiger partial charge in [-0.2, -0.15) is 0 Å². The number of benzene rings is 4. The van der Waals surface area contributed by atoms with E-state index >= 15 is 0 Å². The quantitative estimate of drug-likeness (QED) is 0.0235. The van der Waals surface area contributed by atoms with Crippen LogP contribution in [0.2, 0.25) is 0 Å². The number of rotatable bonds is 31. The Morgan fingerprint density at radius 1 is 0.462 bits per heavy atom. The Hall–Kier alpha value is -5.98. The zero-order chi connectivity index (χ0) is 55.3. The molecule has 10 nitrogen and oxygen atoms in total. The first-order chi connectivity index (χ1) is 37.9. The molecule has 4 unspecified atom stereocenters. The van der Waals surface area contributed by atoms with Gasteiger partial charge in [-0.15, -0.1) is 22.7 Å². The highest BCUT2D eigenvalue weighted by Crippen LogP contribution is 2.36. The molecular formula is C66H82N4O6S2. The van der Waals surface area contributed by atoms with Crippen LogP contribution in [0, 0.1) is 23.7 Å². The summed E-state index contributed by atoms with van der Waals surface area (Å²) in [5, 5.41) is 2.57. The fraction of sp³-hybridized carbons (Fsp3) is 0.485. The van der Waals surface area contributed by atoms with Crippen molar-refractivity contribution in [1.29, 1.82) is 0 Å². The summed E-state index contributed by atoms with van der Waals surface area (Å²) in [5.41, 5.74) is 4.36. The lowest BCUT2D eigenvalue weighted by Gasteiger charge is -2.32. The topological polar surface area (TPSA) is 127 Å².